The Balaban J connectivity index is 1.63. The van der Waals surface area contributed by atoms with Crippen molar-refractivity contribution in [3.8, 4) is 0 Å². The van der Waals surface area contributed by atoms with E-state index in [1.165, 1.54) is 45.2 Å². The molecule has 0 aromatic rings. The van der Waals surface area contributed by atoms with Gasteiger partial charge in [0.15, 0.2) is 0 Å². The fourth-order valence-corrected chi connectivity index (χ4v) is 2.59. The van der Waals surface area contributed by atoms with E-state index in [1.807, 2.05) is 0 Å². The van der Waals surface area contributed by atoms with E-state index < -0.39 is 0 Å². The van der Waals surface area contributed by atoms with Gasteiger partial charge in [-0.05, 0) is 37.5 Å². The molecule has 0 amide bonds. The highest BCUT2D eigenvalue weighted by Crippen LogP contribution is 2.33. The number of hydrogen-bond acceptors (Lipinski definition) is 2. The van der Waals surface area contributed by atoms with E-state index in [0.29, 0.717) is 0 Å². The van der Waals surface area contributed by atoms with Crippen LogP contribution in [0.15, 0.2) is 0 Å². The van der Waals surface area contributed by atoms with E-state index in [-0.39, 0.29) is 0 Å². The second-order valence-corrected chi connectivity index (χ2v) is 5.35. The van der Waals surface area contributed by atoms with Crippen molar-refractivity contribution < 1.29 is 0 Å². The van der Waals surface area contributed by atoms with E-state index in [4.69, 9.17) is 0 Å². The molecule has 2 heteroatoms. The van der Waals surface area contributed by atoms with Gasteiger partial charge < -0.3 is 0 Å². The molecule has 1 N–H and O–H groups in total. The predicted molar refractivity (Wildman–Crippen MR) is 59.9 cm³/mol. The number of hydrazine groups is 1. The highest BCUT2D eigenvalue weighted by Gasteiger charge is 2.32. The second-order valence-electron chi connectivity index (χ2n) is 5.35. The number of nitrogens with one attached hydrogen (secondary N) is 1. The largest absolute Gasteiger partial charge is 0.252 e. The minimum Gasteiger partial charge on any atom is -0.252 e. The monoisotopic (exact) mass is 196 g/mol. The van der Waals surface area contributed by atoms with Crippen molar-refractivity contribution in [2.45, 2.75) is 52.0 Å². The van der Waals surface area contributed by atoms with Crippen molar-refractivity contribution in [3.63, 3.8) is 0 Å². The minimum atomic E-state index is 0.792. The van der Waals surface area contributed by atoms with Gasteiger partial charge in [-0.25, -0.2) is 5.01 Å². The smallest absolute Gasteiger partial charge is 0.0220 e. The third-order valence-corrected chi connectivity index (χ3v) is 3.84. The van der Waals surface area contributed by atoms with Gasteiger partial charge in [0, 0.05) is 19.1 Å². The first-order valence-electron chi connectivity index (χ1n) is 6.27. The summed E-state index contributed by atoms with van der Waals surface area (Å²) in [5, 5.41) is 2.45. The van der Waals surface area contributed by atoms with Crippen molar-refractivity contribution >= 4 is 0 Å². The number of nitrogens with zero attached hydrogens (tertiary/aromatic N) is 1. The summed E-state index contributed by atoms with van der Waals surface area (Å²) >= 11 is 0. The first-order valence-corrected chi connectivity index (χ1v) is 6.27. The third-order valence-electron chi connectivity index (χ3n) is 3.84. The maximum Gasteiger partial charge on any atom is 0.0220 e. The number of piperidine rings is 1. The van der Waals surface area contributed by atoms with Crippen LogP contribution in [0.25, 0.3) is 0 Å². The molecule has 1 aliphatic carbocycles. The molecule has 2 fully saturated rings. The van der Waals surface area contributed by atoms with Gasteiger partial charge in [-0.2, -0.15) is 0 Å². The molecule has 1 saturated heterocycles. The second kappa shape index (κ2) is 4.63. The van der Waals surface area contributed by atoms with Crippen LogP contribution in [0.3, 0.4) is 0 Å². The van der Waals surface area contributed by atoms with Crippen molar-refractivity contribution in [2.24, 2.45) is 11.8 Å². The molecule has 0 atom stereocenters. The Morgan fingerprint density at radius 3 is 2.29 bits per heavy atom. The van der Waals surface area contributed by atoms with Crippen LogP contribution in [-0.4, -0.2) is 24.1 Å². The summed E-state index contributed by atoms with van der Waals surface area (Å²) in [6.45, 7) is 7.23. The number of hydrogen-bond donors (Lipinski definition) is 1. The summed E-state index contributed by atoms with van der Waals surface area (Å²) in [4.78, 5) is 0. The van der Waals surface area contributed by atoms with Gasteiger partial charge in [0.2, 0.25) is 0 Å². The van der Waals surface area contributed by atoms with Crippen LogP contribution < -0.4 is 5.43 Å². The predicted octanol–water partition coefficient (Wildman–Crippen LogP) is 2.41. The van der Waals surface area contributed by atoms with Gasteiger partial charge in [-0.15, -0.1) is 0 Å². The van der Waals surface area contributed by atoms with Gasteiger partial charge in [-0.1, -0.05) is 20.3 Å². The minimum absolute atomic E-state index is 0.792. The van der Waals surface area contributed by atoms with Crippen molar-refractivity contribution in [1.82, 2.24) is 10.4 Å². The molecule has 1 saturated carbocycles. The highest BCUT2D eigenvalue weighted by atomic mass is 15.5. The first-order chi connectivity index (χ1) is 6.75. The molecule has 0 bridgehead atoms. The Morgan fingerprint density at radius 2 is 1.71 bits per heavy atom. The average molecular weight is 196 g/mol. The summed E-state index contributed by atoms with van der Waals surface area (Å²) in [6.07, 6.45) is 6.99. The van der Waals surface area contributed by atoms with Gasteiger partial charge in [0.1, 0.15) is 0 Å². The molecule has 82 valence electrons. The maximum absolute atomic E-state index is 3.67. The quantitative estimate of drug-likeness (QED) is 0.745. The summed E-state index contributed by atoms with van der Waals surface area (Å²) in [5.41, 5.74) is 3.67. The fourth-order valence-electron chi connectivity index (χ4n) is 2.59. The van der Waals surface area contributed by atoms with Crippen LogP contribution in [0.1, 0.15) is 46.0 Å². The maximum atomic E-state index is 3.67. The lowest BCUT2D eigenvalue weighted by atomic mass is 9.74. The van der Waals surface area contributed by atoms with Gasteiger partial charge in [-0.3, -0.25) is 5.43 Å². The van der Waals surface area contributed by atoms with Crippen molar-refractivity contribution in [1.29, 1.82) is 0 Å². The molecule has 14 heavy (non-hydrogen) atoms. The standard InChI is InChI=1S/C12H24N2/c1-10(2)11-8-12(9-11)13-14-6-4-3-5-7-14/h10-13H,3-9H2,1-2H3. The molecular formula is C12H24N2. The lowest BCUT2D eigenvalue weighted by Crippen LogP contribution is -2.52. The summed E-state index contributed by atoms with van der Waals surface area (Å²) in [6, 6.07) is 0.792. The summed E-state index contributed by atoms with van der Waals surface area (Å²) in [5.74, 6) is 1.87. The molecule has 0 unspecified atom stereocenters. The molecule has 1 aliphatic heterocycles. The molecule has 0 spiro atoms. The van der Waals surface area contributed by atoms with Crippen molar-refractivity contribution in [3.05, 3.63) is 0 Å². The zero-order valence-corrected chi connectivity index (χ0v) is 9.63. The normalized spacial score (nSPS) is 34.5. The van der Waals surface area contributed by atoms with Crippen LogP contribution in [0.4, 0.5) is 0 Å². The molecular weight excluding hydrogens is 172 g/mol. The van der Waals surface area contributed by atoms with Crippen LogP contribution in [0, 0.1) is 11.8 Å². The van der Waals surface area contributed by atoms with Crippen LogP contribution in [0.5, 0.6) is 0 Å². The molecule has 2 rings (SSSR count). The number of rotatable bonds is 3. The van der Waals surface area contributed by atoms with Crippen LogP contribution in [0.2, 0.25) is 0 Å². The molecule has 0 aromatic carbocycles. The molecule has 2 nitrogen and oxygen atoms in total. The van der Waals surface area contributed by atoms with Gasteiger partial charge in [0.05, 0.1) is 0 Å². The third kappa shape index (κ3) is 2.48. The summed E-state index contributed by atoms with van der Waals surface area (Å²) < 4.78 is 0. The van der Waals surface area contributed by atoms with E-state index in [1.54, 1.807) is 0 Å². The SMILES string of the molecule is CC(C)C1CC(NN2CCCCC2)C1. The lowest BCUT2D eigenvalue weighted by molar-refractivity contribution is 0.0601. The molecule has 0 aromatic heterocycles. The Morgan fingerprint density at radius 1 is 1.07 bits per heavy atom. The van der Waals surface area contributed by atoms with E-state index in [9.17, 15) is 0 Å². The zero-order valence-electron chi connectivity index (χ0n) is 9.63. The fraction of sp³-hybridized carbons (Fsp3) is 1.00. The van der Waals surface area contributed by atoms with Gasteiger partial charge >= 0.3 is 0 Å². The average Bonchev–Trinajstić information content (AvgIpc) is 2.12. The molecule has 1 heterocycles. The van der Waals surface area contributed by atoms with Crippen molar-refractivity contribution in [2.75, 3.05) is 13.1 Å². The molecule has 2 aliphatic rings. The van der Waals surface area contributed by atoms with Crippen LogP contribution in [-0.2, 0) is 0 Å². The molecule has 0 radical (unpaired) electrons. The Hall–Kier alpha value is -0.0800. The zero-order chi connectivity index (χ0) is 9.97. The highest BCUT2D eigenvalue weighted by molar-refractivity contribution is 4.86. The van der Waals surface area contributed by atoms with Crippen LogP contribution >= 0.6 is 0 Å². The summed E-state index contributed by atoms with van der Waals surface area (Å²) in [7, 11) is 0. The Kier molecular flexibility index (Phi) is 3.45. The van der Waals surface area contributed by atoms with Gasteiger partial charge in [0.25, 0.3) is 0 Å². The lowest BCUT2D eigenvalue weighted by Gasteiger charge is -2.42. The van der Waals surface area contributed by atoms with E-state index in [0.717, 1.165) is 17.9 Å². The topological polar surface area (TPSA) is 15.3 Å². The Labute approximate surface area is 88.0 Å². The van der Waals surface area contributed by atoms with E-state index in [2.05, 4.69) is 24.3 Å². The Bertz CT molecular complexity index is 167. The van der Waals surface area contributed by atoms with E-state index >= 15 is 0 Å². The first kappa shape index (κ1) is 10.4.